The fourth-order valence-electron chi connectivity index (χ4n) is 3.82. The first kappa shape index (κ1) is 18.2. The maximum absolute atomic E-state index is 14.0. The Morgan fingerprint density at radius 1 is 0.893 bits per heavy atom. The molecule has 0 aliphatic carbocycles. The molecule has 0 radical (unpaired) electrons. The Kier molecular flexibility index (Phi) is 5.06. The predicted octanol–water partition coefficient (Wildman–Crippen LogP) is 3.68. The molecule has 0 bridgehead atoms. The normalized spacial score (nSPS) is 14.3. The van der Waals surface area contributed by atoms with E-state index in [1.54, 1.807) is 18.2 Å². The highest BCUT2D eigenvalue weighted by Gasteiger charge is 2.23. The average molecular weight is 376 g/mol. The van der Waals surface area contributed by atoms with Crippen LogP contribution in [-0.4, -0.2) is 43.3 Å². The number of rotatable bonds is 4. The zero-order chi connectivity index (χ0) is 19.5. The number of amides is 1. The van der Waals surface area contributed by atoms with E-state index in [0.29, 0.717) is 43.9 Å². The maximum atomic E-state index is 14.0. The highest BCUT2D eigenvalue weighted by molar-refractivity contribution is 6.00. The van der Waals surface area contributed by atoms with Crippen molar-refractivity contribution in [1.29, 1.82) is 0 Å². The van der Waals surface area contributed by atoms with Gasteiger partial charge in [-0.2, -0.15) is 0 Å². The van der Waals surface area contributed by atoms with Gasteiger partial charge in [-0.3, -0.25) is 9.59 Å². The fourth-order valence-corrected chi connectivity index (χ4v) is 3.82. The molecular formula is C23H21FN2O2. The monoisotopic (exact) mass is 376 g/mol. The van der Waals surface area contributed by atoms with Crippen LogP contribution in [0.5, 0.6) is 0 Å². The summed E-state index contributed by atoms with van der Waals surface area (Å²) in [6.07, 6.45) is 1.13. The summed E-state index contributed by atoms with van der Waals surface area (Å²) >= 11 is 0. The minimum Gasteiger partial charge on any atom is -0.366 e. The molecule has 0 N–H and O–H groups in total. The van der Waals surface area contributed by atoms with E-state index in [1.807, 2.05) is 46.2 Å². The number of carbonyl (C=O) groups is 2. The lowest BCUT2D eigenvalue weighted by Gasteiger charge is -2.36. The van der Waals surface area contributed by atoms with Gasteiger partial charge in [-0.15, -0.1) is 0 Å². The van der Waals surface area contributed by atoms with E-state index in [-0.39, 0.29) is 11.7 Å². The minimum atomic E-state index is -0.232. The summed E-state index contributed by atoms with van der Waals surface area (Å²) < 4.78 is 14.0. The van der Waals surface area contributed by atoms with Crippen LogP contribution in [0.25, 0.3) is 10.8 Å². The molecule has 1 saturated heterocycles. The van der Waals surface area contributed by atoms with Crippen LogP contribution in [0.1, 0.15) is 15.9 Å². The molecule has 0 aromatic heterocycles. The molecule has 3 aromatic rings. The Morgan fingerprint density at radius 3 is 2.29 bits per heavy atom. The summed E-state index contributed by atoms with van der Waals surface area (Å²) in [6, 6.07) is 18.0. The lowest BCUT2D eigenvalue weighted by molar-refractivity contribution is -0.130. The molecule has 1 aliphatic heterocycles. The summed E-state index contributed by atoms with van der Waals surface area (Å²) in [7, 11) is 0. The number of aldehydes is 1. The van der Waals surface area contributed by atoms with Crippen molar-refractivity contribution in [3.63, 3.8) is 0 Å². The number of para-hydroxylation sites is 1. The van der Waals surface area contributed by atoms with Crippen LogP contribution in [0.2, 0.25) is 0 Å². The smallest absolute Gasteiger partial charge is 0.227 e. The van der Waals surface area contributed by atoms with Gasteiger partial charge < -0.3 is 9.80 Å². The third kappa shape index (κ3) is 3.48. The number of hydrogen-bond donors (Lipinski definition) is 0. The molecule has 0 saturated carbocycles. The van der Waals surface area contributed by atoms with Crippen molar-refractivity contribution in [2.75, 3.05) is 31.1 Å². The van der Waals surface area contributed by atoms with Gasteiger partial charge in [0.2, 0.25) is 5.91 Å². The first-order chi connectivity index (χ1) is 13.7. The van der Waals surface area contributed by atoms with E-state index >= 15 is 0 Å². The number of halogens is 1. The molecule has 0 atom stereocenters. The number of nitrogens with zero attached hydrogens (tertiary/aromatic N) is 2. The molecule has 3 aromatic carbocycles. The Balaban J connectivity index is 1.46. The van der Waals surface area contributed by atoms with Gasteiger partial charge in [0.15, 0.2) is 6.29 Å². The second-order valence-electron chi connectivity index (χ2n) is 6.97. The van der Waals surface area contributed by atoms with E-state index in [0.717, 1.165) is 22.6 Å². The van der Waals surface area contributed by atoms with E-state index in [4.69, 9.17) is 0 Å². The Bertz CT molecular complexity index is 1030. The third-order valence-electron chi connectivity index (χ3n) is 5.34. The zero-order valence-corrected chi connectivity index (χ0v) is 15.5. The van der Waals surface area contributed by atoms with Crippen molar-refractivity contribution >= 4 is 28.7 Å². The van der Waals surface area contributed by atoms with Crippen molar-refractivity contribution in [2.45, 2.75) is 6.42 Å². The van der Waals surface area contributed by atoms with Gasteiger partial charge in [-0.25, -0.2) is 4.39 Å². The molecule has 0 unspecified atom stereocenters. The molecule has 1 fully saturated rings. The number of carbonyl (C=O) groups excluding carboxylic acids is 2. The van der Waals surface area contributed by atoms with Crippen molar-refractivity contribution in [1.82, 2.24) is 4.90 Å². The van der Waals surface area contributed by atoms with Gasteiger partial charge >= 0.3 is 0 Å². The summed E-state index contributed by atoms with van der Waals surface area (Å²) in [4.78, 5) is 27.9. The summed E-state index contributed by atoms with van der Waals surface area (Å²) in [6.45, 7) is 2.35. The average Bonchev–Trinajstić information content (AvgIpc) is 2.74. The van der Waals surface area contributed by atoms with E-state index in [9.17, 15) is 14.0 Å². The number of fused-ring (bicyclic) bond motifs is 1. The fraction of sp³-hybridized carbons (Fsp3) is 0.217. The van der Waals surface area contributed by atoms with Gasteiger partial charge in [0.1, 0.15) is 5.82 Å². The Labute approximate surface area is 163 Å². The van der Waals surface area contributed by atoms with Crippen LogP contribution in [0.4, 0.5) is 10.1 Å². The maximum Gasteiger partial charge on any atom is 0.227 e. The molecule has 1 aliphatic rings. The molecular weight excluding hydrogens is 355 g/mol. The summed E-state index contributed by atoms with van der Waals surface area (Å²) in [5.74, 6) is -0.179. The van der Waals surface area contributed by atoms with E-state index in [2.05, 4.69) is 0 Å². The number of anilines is 1. The first-order valence-electron chi connectivity index (χ1n) is 9.40. The van der Waals surface area contributed by atoms with Gasteiger partial charge in [0, 0.05) is 31.7 Å². The lowest BCUT2D eigenvalue weighted by atomic mass is 9.98. The van der Waals surface area contributed by atoms with Gasteiger partial charge in [0.25, 0.3) is 0 Å². The van der Waals surface area contributed by atoms with Crippen LogP contribution in [-0.2, 0) is 11.2 Å². The third-order valence-corrected chi connectivity index (χ3v) is 5.34. The van der Waals surface area contributed by atoms with E-state index < -0.39 is 0 Å². The molecule has 0 spiro atoms. The van der Waals surface area contributed by atoms with Gasteiger partial charge in [-0.1, -0.05) is 48.5 Å². The quantitative estimate of drug-likeness (QED) is 0.652. The van der Waals surface area contributed by atoms with Crippen molar-refractivity contribution in [2.24, 2.45) is 0 Å². The number of benzene rings is 3. The molecule has 1 amide bonds. The standard InChI is InChI=1S/C23H21FN2O2/c24-21-7-3-4-8-22(21)25-11-13-26(14-12-25)23(28)15-17-9-10-18(16-27)20-6-2-1-5-19(17)20/h1-10,16H,11-15H2. The zero-order valence-electron chi connectivity index (χ0n) is 15.5. The van der Waals surface area contributed by atoms with E-state index in [1.165, 1.54) is 6.07 Å². The summed E-state index contributed by atoms with van der Waals surface area (Å²) in [5, 5.41) is 1.80. The second-order valence-corrected chi connectivity index (χ2v) is 6.97. The molecule has 5 heteroatoms. The predicted molar refractivity (Wildman–Crippen MR) is 108 cm³/mol. The number of piperazine rings is 1. The van der Waals surface area contributed by atoms with Crippen LogP contribution in [0, 0.1) is 5.82 Å². The second kappa shape index (κ2) is 7.80. The molecule has 4 nitrogen and oxygen atoms in total. The van der Waals surface area contributed by atoms with Gasteiger partial charge in [0.05, 0.1) is 12.1 Å². The summed E-state index contributed by atoms with van der Waals surface area (Å²) in [5.41, 5.74) is 2.14. The number of hydrogen-bond acceptors (Lipinski definition) is 3. The van der Waals surface area contributed by atoms with Crippen LogP contribution in [0.3, 0.4) is 0 Å². The highest BCUT2D eigenvalue weighted by Crippen LogP contribution is 2.24. The highest BCUT2D eigenvalue weighted by atomic mass is 19.1. The van der Waals surface area contributed by atoms with Crippen LogP contribution >= 0.6 is 0 Å². The van der Waals surface area contributed by atoms with Crippen LogP contribution < -0.4 is 4.90 Å². The van der Waals surface area contributed by atoms with Crippen molar-refractivity contribution in [3.05, 3.63) is 77.6 Å². The van der Waals surface area contributed by atoms with Crippen molar-refractivity contribution in [3.8, 4) is 0 Å². The van der Waals surface area contributed by atoms with Gasteiger partial charge in [-0.05, 0) is 28.5 Å². The van der Waals surface area contributed by atoms with Crippen molar-refractivity contribution < 1.29 is 14.0 Å². The molecule has 1 heterocycles. The largest absolute Gasteiger partial charge is 0.366 e. The SMILES string of the molecule is O=Cc1ccc(CC(=O)N2CCN(c3ccccc3F)CC2)c2ccccc12. The molecule has 28 heavy (non-hydrogen) atoms. The molecule has 4 rings (SSSR count). The first-order valence-corrected chi connectivity index (χ1v) is 9.40. The topological polar surface area (TPSA) is 40.6 Å². The molecule has 142 valence electrons. The van der Waals surface area contributed by atoms with Crippen LogP contribution in [0.15, 0.2) is 60.7 Å². The Hall–Kier alpha value is -3.21. The minimum absolute atomic E-state index is 0.0530. The Morgan fingerprint density at radius 2 is 1.57 bits per heavy atom. The lowest BCUT2D eigenvalue weighted by Crippen LogP contribution is -2.49.